The average molecular weight is 243 g/mol. The summed E-state index contributed by atoms with van der Waals surface area (Å²) in [4.78, 5) is 2.36. The van der Waals surface area contributed by atoms with Crippen LogP contribution in [0.3, 0.4) is 0 Å². The number of hydrogen-bond acceptors (Lipinski definition) is 3. The van der Waals surface area contributed by atoms with Gasteiger partial charge in [0.2, 0.25) is 0 Å². The van der Waals surface area contributed by atoms with Gasteiger partial charge < -0.3 is 9.84 Å². The molecule has 0 saturated carbocycles. The van der Waals surface area contributed by atoms with Gasteiger partial charge in [-0.15, -0.1) is 0 Å². The summed E-state index contributed by atoms with van der Waals surface area (Å²) in [5.74, 6) is 0.644. The first-order chi connectivity index (χ1) is 8.02. The monoisotopic (exact) mass is 243 g/mol. The van der Waals surface area contributed by atoms with E-state index in [1.54, 1.807) is 0 Å². The molecule has 0 bridgehead atoms. The molecule has 0 aromatic heterocycles. The van der Waals surface area contributed by atoms with E-state index in [9.17, 15) is 5.11 Å². The second-order valence-corrected chi connectivity index (χ2v) is 5.69. The largest absolute Gasteiger partial charge is 0.391 e. The topological polar surface area (TPSA) is 32.7 Å². The van der Waals surface area contributed by atoms with Crippen molar-refractivity contribution in [2.24, 2.45) is 5.92 Å². The van der Waals surface area contributed by atoms with Gasteiger partial charge in [-0.2, -0.15) is 0 Å². The van der Waals surface area contributed by atoms with Gasteiger partial charge in [0.05, 0.1) is 19.3 Å². The number of nitrogens with zero attached hydrogens (tertiary/aromatic N) is 1. The van der Waals surface area contributed by atoms with Crippen LogP contribution in [0.25, 0.3) is 0 Å². The lowest BCUT2D eigenvalue weighted by molar-refractivity contribution is -0.0682. The maximum absolute atomic E-state index is 10.5. The normalized spacial score (nSPS) is 20.8. The van der Waals surface area contributed by atoms with E-state index in [4.69, 9.17) is 4.74 Å². The number of hydrogen-bond donors (Lipinski definition) is 1. The first-order valence-electron chi connectivity index (χ1n) is 7.03. The highest BCUT2D eigenvalue weighted by Crippen LogP contribution is 2.27. The summed E-state index contributed by atoms with van der Waals surface area (Å²) in [6.45, 7) is 12.2. The highest BCUT2D eigenvalue weighted by molar-refractivity contribution is 4.90. The van der Waals surface area contributed by atoms with Crippen molar-refractivity contribution in [3.05, 3.63) is 0 Å². The van der Waals surface area contributed by atoms with Crippen molar-refractivity contribution < 1.29 is 9.84 Å². The summed E-state index contributed by atoms with van der Waals surface area (Å²) in [5, 5.41) is 10.5. The van der Waals surface area contributed by atoms with E-state index in [2.05, 4.69) is 32.6 Å². The molecule has 0 aromatic carbocycles. The third-order valence-electron chi connectivity index (χ3n) is 4.35. The Bertz CT molecular complexity index is 208. The van der Waals surface area contributed by atoms with Gasteiger partial charge in [-0.3, -0.25) is 4.90 Å². The van der Waals surface area contributed by atoms with Gasteiger partial charge in [0.25, 0.3) is 0 Å². The van der Waals surface area contributed by atoms with Crippen molar-refractivity contribution in [1.82, 2.24) is 4.90 Å². The van der Waals surface area contributed by atoms with Gasteiger partial charge in [0, 0.05) is 18.6 Å². The zero-order chi connectivity index (χ0) is 12.9. The van der Waals surface area contributed by atoms with E-state index in [-0.39, 0.29) is 11.6 Å². The minimum absolute atomic E-state index is 0.133. The summed E-state index contributed by atoms with van der Waals surface area (Å²) in [7, 11) is 0. The quantitative estimate of drug-likeness (QED) is 0.777. The zero-order valence-corrected chi connectivity index (χ0v) is 11.9. The van der Waals surface area contributed by atoms with Gasteiger partial charge in [-0.05, 0) is 26.2 Å². The second-order valence-electron chi connectivity index (χ2n) is 5.69. The molecule has 1 rings (SSSR count). The standard InChI is InChI=1S/C14H29NO2/c1-5-12(6-2)11-13(16)14(3,4)15-7-9-17-10-8-15/h12-13,16H,5-11H2,1-4H3. The zero-order valence-electron chi connectivity index (χ0n) is 11.9. The van der Waals surface area contributed by atoms with Crippen LogP contribution in [0, 0.1) is 5.92 Å². The molecule has 1 unspecified atom stereocenters. The lowest BCUT2D eigenvalue weighted by atomic mass is 9.85. The summed E-state index contributed by atoms with van der Waals surface area (Å²) in [6, 6.07) is 0. The van der Waals surface area contributed by atoms with E-state index in [1.165, 1.54) is 0 Å². The predicted molar refractivity (Wildman–Crippen MR) is 71.2 cm³/mol. The van der Waals surface area contributed by atoms with Crippen LogP contribution >= 0.6 is 0 Å². The summed E-state index contributed by atoms with van der Waals surface area (Å²) >= 11 is 0. The van der Waals surface area contributed by atoms with Crippen molar-refractivity contribution in [3.8, 4) is 0 Å². The third kappa shape index (κ3) is 3.94. The van der Waals surface area contributed by atoms with Crippen LogP contribution < -0.4 is 0 Å². The van der Waals surface area contributed by atoms with E-state index >= 15 is 0 Å². The Kier molecular flexibility index (Phi) is 5.90. The number of morpholine rings is 1. The Hall–Kier alpha value is -0.120. The molecule has 0 aliphatic carbocycles. The van der Waals surface area contributed by atoms with Gasteiger partial charge in [0.1, 0.15) is 0 Å². The van der Waals surface area contributed by atoms with E-state index in [0.717, 1.165) is 45.6 Å². The predicted octanol–water partition coefficient (Wildman–Crippen LogP) is 2.28. The Balaban J connectivity index is 2.54. The maximum Gasteiger partial charge on any atom is 0.0721 e. The average Bonchev–Trinajstić information content (AvgIpc) is 2.36. The molecule has 1 heterocycles. The highest BCUT2D eigenvalue weighted by Gasteiger charge is 2.35. The molecule has 0 spiro atoms. The number of aliphatic hydroxyl groups excluding tert-OH is 1. The van der Waals surface area contributed by atoms with E-state index in [1.807, 2.05) is 0 Å². The molecule has 1 atom stereocenters. The maximum atomic E-state index is 10.5. The number of aliphatic hydroxyl groups is 1. The molecule has 1 fully saturated rings. The molecule has 1 N–H and O–H groups in total. The van der Waals surface area contributed by atoms with Crippen LogP contribution in [0.4, 0.5) is 0 Å². The molecule has 1 saturated heterocycles. The Morgan fingerprint density at radius 2 is 1.71 bits per heavy atom. The van der Waals surface area contributed by atoms with Crippen molar-refractivity contribution in [1.29, 1.82) is 0 Å². The smallest absolute Gasteiger partial charge is 0.0721 e. The molecule has 1 aliphatic heterocycles. The fourth-order valence-electron chi connectivity index (χ4n) is 2.58. The molecule has 0 amide bonds. The van der Waals surface area contributed by atoms with Crippen LogP contribution in [0.1, 0.15) is 47.0 Å². The summed E-state index contributed by atoms with van der Waals surface area (Å²) < 4.78 is 5.37. The van der Waals surface area contributed by atoms with Crippen LogP contribution in [0.15, 0.2) is 0 Å². The SMILES string of the molecule is CCC(CC)CC(O)C(C)(C)N1CCOCC1. The molecule has 3 nitrogen and oxygen atoms in total. The minimum Gasteiger partial charge on any atom is -0.391 e. The highest BCUT2D eigenvalue weighted by atomic mass is 16.5. The molecule has 17 heavy (non-hydrogen) atoms. The number of ether oxygens (including phenoxy) is 1. The number of rotatable bonds is 6. The lowest BCUT2D eigenvalue weighted by Gasteiger charge is -2.44. The molecule has 1 aliphatic rings. The van der Waals surface area contributed by atoms with Crippen molar-refractivity contribution in [2.75, 3.05) is 26.3 Å². The fourth-order valence-corrected chi connectivity index (χ4v) is 2.58. The van der Waals surface area contributed by atoms with Crippen LogP contribution in [-0.2, 0) is 4.74 Å². The van der Waals surface area contributed by atoms with Gasteiger partial charge in [-0.25, -0.2) is 0 Å². The molecule has 102 valence electrons. The third-order valence-corrected chi connectivity index (χ3v) is 4.35. The molecule has 0 radical (unpaired) electrons. The van der Waals surface area contributed by atoms with Crippen LogP contribution in [-0.4, -0.2) is 48.0 Å². The minimum atomic E-state index is -0.245. The van der Waals surface area contributed by atoms with Gasteiger partial charge in [0.15, 0.2) is 0 Å². The first kappa shape index (κ1) is 14.9. The van der Waals surface area contributed by atoms with Gasteiger partial charge in [-0.1, -0.05) is 26.7 Å². The Morgan fingerprint density at radius 1 is 1.18 bits per heavy atom. The molecule has 3 heteroatoms. The second kappa shape index (κ2) is 6.72. The lowest BCUT2D eigenvalue weighted by Crippen LogP contribution is -2.56. The van der Waals surface area contributed by atoms with Crippen molar-refractivity contribution in [3.63, 3.8) is 0 Å². The van der Waals surface area contributed by atoms with E-state index < -0.39 is 0 Å². The first-order valence-corrected chi connectivity index (χ1v) is 7.03. The van der Waals surface area contributed by atoms with Crippen molar-refractivity contribution >= 4 is 0 Å². The fraction of sp³-hybridized carbons (Fsp3) is 1.00. The van der Waals surface area contributed by atoms with Gasteiger partial charge >= 0.3 is 0 Å². The molecular formula is C14H29NO2. The summed E-state index contributed by atoms with van der Waals surface area (Å²) in [6.07, 6.45) is 2.99. The van der Waals surface area contributed by atoms with E-state index in [0.29, 0.717) is 5.92 Å². The van der Waals surface area contributed by atoms with Crippen LogP contribution in [0.5, 0.6) is 0 Å². The van der Waals surface area contributed by atoms with Crippen molar-refractivity contribution in [2.45, 2.75) is 58.6 Å². The molecular weight excluding hydrogens is 214 g/mol. The molecule has 0 aromatic rings. The summed E-state index contributed by atoms with van der Waals surface area (Å²) in [5.41, 5.74) is -0.133. The Morgan fingerprint density at radius 3 is 2.18 bits per heavy atom. The van der Waals surface area contributed by atoms with Crippen LogP contribution in [0.2, 0.25) is 0 Å². The Labute approximate surface area is 106 Å².